The highest BCUT2D eigenvalue weighted by Gasteiger charge is 2.34. The first-order chi connectivity index (χ1) is 15.7. The Bertz CT molecular complexity index is 1150. The van der Waals surface area contributed by atoms with Crippen molar-refractivity contribution in [3.8, 4) is 5.69 Å². The average Bonchev–Trinajstić information content (AvgIpc) is 3.74. The predicted molar refractivity (Wildman–Crippen MR) is 126 cm³/mol. The average molecular weight is 451 g/mol. The van der Waals surface area contributed by atoms with Gasteiger partial charge in [0.05, 0.1) is 28.9 Å². The molecule has 2 heterocycles. The Labute approximate surface area is 191 Å². The van der Waals surface area contributed by atoms with E-state index in [-0.39, 0.29) is 5.91 Å². The van der Waals surface area contributed by atoms with Crippen LogP contribution in [0.2, 0.25) is 0 Å². The fourth-order valence-electron chi connectivity index (χ4n) is 3.81. The summed E-state index contributed by atoms with van der Waals surface area (Å²) in [7, 11) is 1.62. The summed E-state index contributed by atoms with van der Waals surface area (Å²) in [6.07, 6.45) is 4.36. The van der Waals surface area contributed by atoms with Crippen LogP contribution in [-0.2, 0) is 4.74 Å². The summed E-state index contributed by atoms with van der Waals surface area (Å²) >= 11 is 5.23. The molecular formula is C23H26N6O2S. The Kier molecular flexibility index (Phi) is 5.75. The van der Waals surface area contributed by atoms with Gasteiger partial charge in [0.1, 0.15) is 0 Å². The first kappa shape index (κ1) is 20.8. The standard InChI is InChI=1S/C23H26N6O2S/c1-31-12-11-24-23(32)27-26-22(30)17-13-18(14-7-8-14)25-21-19(17)20(15-9-10-15)28-29(21)16-5-3-2-4-6-16/h2-6,13-15H,7-12H2,1H3,(H,26,30)(H2,24,27,32). The van der Waals surface area contributed by atoms with E-state index in [9.17, 15) is 4.79 Å². The number of ether oxygens (including phenoxy) is 1. The lowest BCUT2D eigenvalue weighted by Crippen LogP contribution is -2.47. The van der Waals surface area contributed by atoms with Crippen LogP contribution in [0.3, 0.4) is 0 Å². The quantitative estimate of drug-likeness (QED) is 0.290. The monoisotopic (exact) mass is 450 g/mol. The van der Waals surface area contributed by atoms with Crippen molar-refractivity contribution in [3.63, 3.8) is 0 Å². The second-order valence-corrected chi connectivity index (χ2v) is 8.71. The zero-order chi connectivity index (χ0) is 22.1. The Morgan fingerprint density at radius 2 is 1.91 bits per heavy atom. The number of nitrogens with one attached hydrogen (secondary N) is 3. The Morgan fingerprint density at radius 1 is 1.16 bits per heavy atom. The highest BCUT2D eigenvalue weighted by atomic mass is 32.1. The lowest BCUT2D eigenvalue weighted by Gasteiger charge is -2.13. The number of para-hydroxylation sites is 1. The van der Waals surface area contributed by atoms with Crippen molar-refractivity contribution in [2.45, 2.75) is 37.5 Å². The summed E-state index contributed by atoms with van der Waals surface area (Å²) in [6.45, 7) is 1.08. The Morgan fingerprint density at radius 3 is 2.59 bits per heavy atom. The fraction of sp³-hybridized carbons (Fsp3) is 0.391. The van der Waals surface area contributed by atoms with Crippen LogP contribution in [0.4, 0.5) is 0 Å². The lowest BCUT2D eigenvalue weighted by molar-refractivity contribution is 0.0945. The molecule has 0 aliphatic heterocycles. The number of rotatable bonds is 7. The molecule has 0 spiro atoms. The third-order valence-electron chi connectivity index (χ3n) is 5.77. The summed E-state index contributed by atoms with van der Waals surface area (Å²) in [6, 6.07) is 11.9. The first-order valence-corrected chi connectivity index (χ1v) is 11.4. The van der Waals surface area contributed by atoms with Gasteiger partial charge in [-0.05, 0) is 56.1 Å². The third kappa shape index (κ3) is 4.31. The fourth-order valence-corrected chi connectivity index (χ4v) is 3.97. The highest BCUT2D eigenvalue weighted by molar-refractivity contribution is 7.80. The van der Waals surface area contributed by atoms with Crippen molar-refractivity contribution >= 4 is 34.3 Å². The van der Waals surface area contributed by atoms with Gasteiger partial charge < -0.3 is 10.1 Å². The number of amides is 1. The minimum Gasteiger partial charge on any atom is -0.383 e. The number of pyridine rings is 1. The maximum Gasteiger partial charge on any atom is 0.270 e. The number of thiocarbonyl (C=S) groups is 1. The molecule has 9 heteroatoms. The number of nitrogens with zero attached hydrogens (tertiary/aromatic N) is 3. The SMILES string of the molecule is COCCNC(=S)NNC(=O)c1cc(C2CC2)nc2c1c(C1CC1)nn2-c1ccccc1. The number of fused-ring (bicyclic) bond motifs is 1. The number of carbonyl (C=O) groups is 1. The molecule has 166 valence electrons. The molecule has 2 fully saturated rings. The minimum atomic E-state index is -0.246. The van der Waals surface area contributed by atoms with Crippen molar-refractivity contribution < 1.29 is 9.53 Å². The van der Waals surface area contributed by atoms with Gasteiger partial charge in [-0.2, -0.15) is 5.10 Å². The molecule has 0 unspecified atom stereocenters. The number of methoxy groups -OCH3 is 1. The van der Waals surface area contributed by atoms with E-state index >= 15 is 0 Å². The number of benzene rings is 1. The molecular weight excluding hydrogens is 424 g/mol. The molecule has 2 aromatic heterocycles. The van der Waals surface area contributed by atoms with E-state index in [4.69, 9.17) is 27.0 Å². The van der Waals surface area contributed by atoms with E-state index in [0.717, 1.165) is 53.8 Å². The largest absolute Gasteiger partial charge is 0.383 e. The zero-order valence-corrected chi connectivity index (χ0v) is 18.7. The van der Waals surface area contributed by atoms with E-state index in [1.165, 1.54) is 0 Å². The van der Waals surface area contributed by atoms with Gasteiger partial charge in [0.15, 0.2) is 10.8 Å². The minimum absolute atomic E-state index is 0.246. The van der Waals surface area contributed by atoms with Gasteiger partial charge in [0.2, 0.25) is 0 Å². The van der Waals surface area contributed by atoms with Crippen molar-refractivity contribution in [2.75, 3.05) is 20.3 Å². The number of aromatic nitrogens is 3. The molecule has 2 saturated carbocycles. The van der Waals surface area contributed by atoms with Crippen LogP contribution >= 0.6 is 12.2 Å². The van der Waals surface area contributed by atoms with E-state index in [1.54, 1.807) is 7.11 Å². The molecule has 0 saturated heterocycles. The third-order valence-corrected chi connectivity index (χ3v) is 6.02. The van der Waals surface area contributed by atoms with Gasteiger partial charge in [-0.1, -0.05) is 18.2 Å². The molecule has 0 atom stereocenters. The first-order valence-electron chi connectivity index (χ1n) is 11.0. The van der Waals surface area contributed by atoms with E-state index in [1.807, 2.05) is 41.1 Å². The summed E-state index contributed by atoms with van der Waals surface area (Å²) in [5, 5.41) is 9.09. The Balaban J connectivity index is 1.52. The number of hydrogen-bond donors (Lipinski definition) is 3. The molecule has 1 amide bonds. The number of hydrogen-bond acceptors (Lipinski definition) is 5. The molecule has 3 aromatic rings. The molecule has 8 nitrogen and oxygen atoms in total. The molecule has 2 aliphatic rings. The van der Waals surface area contributed by atoms with Crippen LogP contribution < -0.4 is 16.2 Å². The molecule has 3 N–H and O–H groups in total. The van der Waals surface area contributed by atoms with Crippen molar-refractivity contribution in [1.29, 1.82) is 0 Å². The summed E-state index contributed by atoms with van der Waals surface area (Å²) in [4.78, 5) is 18.3. The van der Waals surface area contributed by atoms with Gasteiger partial charge in [-0.25, -0.2) is 9.67 Å². The molecule has 2 aliphatic carbocycles. The normalized spacial score (nSPS) is 15.5. The van der Waals surface area contributed by atoms with Crippen LogP contribution in [-0.4, -0.2) is 46.0 Å². The van der Waals surface area contributed by atoms with E-state index in [2.05, 4.69) is 16.2 Å². The van der Waals surface area contributed by atoms with Crippen LogP contribution in [0.1, 0.15) is 59.3 Å². The van der Waals surface area contributed by atoms with Crippen molar-refractivity contribution in [3.05, 3.63) is 53.3 Å². The Hall–Kier alpha value is -3.04. The van der Waals surface area contributed by atoms with Gasteiger partial charge in [0, 0.05) is 31.2 Å². The van der Waals surface area contributed by atoms with Crippen LogP contribution in [0.5, 0.6) is 0 Å². The summed E-state index contributed by atoms with van der Waals surface area (Å²) < 4.78 is 6.89. The summed E-state index contributed by atoms with van der Waals surface area (Å²) in [5.74, 6) is 0.524. The molecule has 0 bridgehead atoms. The summed E-state index contributed by atoms with van der Waals surface area (Å²) in [5.41, 5.74) is 9.70. The highest BCUT2D eigenvalue weighted by Crippen LogP contribution is 2.45. The smallest absolute Gasteiger partial charge is 0.270 e. The van der Waals surface area contributed by atoms with Crippen molar-refractivity contribution in [1.82, 2.24) is 30.9 Å². The van der Waals surface area contributed by atoms with Crippen LogP contribution in [0.25, 0.3) is 16.7 Å². The van der Waals surface area contributed by atoms with Gasteiger partial charge in [-0.15, -0.1) is 0 Å². The maximum absolute atomic E-state index is 13.3. The molecule has 5 rings (SSSR count). The number of carbonyl (C=O) groups excluding carboxylic acids is 1. The van der Waals surface area contributed by atoms with E-state index < -0.39 is 0 Å². The molecule has 1 aromatic carbocycles. The van der Waals surface area contributed by atoms with Gasteiger partial charge in [-0.3, -0.25) is 15.6 Å². The van der Waals surface area contributed by atoms with Crippen LogP contribution in [0.15, 0.2) is 36.4 Å². The van der Waals surface area contributed by atoms with E-state index in [0.29, 0.717) is 35.7 Å². The molecule has 32 heavy (non-hydrogen) atoms. The molecule has 0 radical (unpaired) electrons. The number of hydrazine groups is 1. The lowest BCUT2D eigenvalue weighted by atomic mass is 10.1. The van der Waals surface area contributed by atoms with Crippen LogP contribution in [0, 0.1) is 0 Å². The van der Waals surface area contributed by atoms with Crippen molar-refractivity contribution in [2.24, 2.45) is 0 Å². The topological polar surface area (TPSA) is 93.1 Å². The zero-order valence-electron chi connectivity index (χ0n) is 17.9. The maximum atomic E-state index is 13.3. The predicted octanol–water partition coefficient (Wildman–Crippen LogP) is 2.93. The second-order valence-electron chi connectivity index (χ2n) is 8.30. The van der Waals surface area contributed by atoms with Gasteiger partial charge in [0.25, 0.3) is 5.91 Å². The van der Waals surface area contributed by atoms with Gasteiger partial charge >= 0.3 is 0 Å². The second kappa shape index (κ2) is 8.84.